The van der Waals surface area contributed by atoms with Gasteiger partial charge in [0.25, 0.3) is 0 Å². The Bertz CT molecular complexity index is 911. The van der Waals surface area contributed by atoms with Crippen molar-refractivity contribution in [2.24, 2.45) is 0 Å². The van der Waals surface area contributed by atoms with E-state index in [0.29, 0.717) is 23.1 Å². The van der Waals surface area contributed by atoms with Crippen molar-refractivity contribution in [3.05, 3.63) is 82.4 Å². The van der Waals surface area contributed by atoms with Gasteiger partial charge in [-0.05, 0) is 43.2 Å². The quantitative estimate of drug-likeness (QED) is 0.542. The lowest BCUT2D eigenvalue weighted by molar-refractivity contribution is 0.207. The minimum atomic E-state index is -0.152. The highest BCUT2D eigenvalue weighted by atomic mass is 35.5. The number of nitrogens with zero attached hydrogens (tertiary/aromatic N) is 3. The van der Waals surface area contributed by atoms with Gasteiger partial charge in [0.1, 0.15) is 0 Å². The first kappa shape index (κ1) is 20.2. The third-order valence-corrected chi connectivity index (χ3v) is 5.09. The second-order valence-corrected chi connectivity index (χ2v) is 7.43. The SMILES string of the molecule is Cc1ccc(NC(=O)N(CCCn2ccnc2)Cc2ccc(Cl)c(Cl)c2)cc1. The molecule has 3 rings (SSSR count). The van der Waals surface area contributed by atoms with E-state index in [4.69, 9.17) is 23.2 Å². The number of carbonyl (C=O) groups excluding carboxylic acids is 1. The van der Waals surface area contributed by atoms with Crippen LogP contribution in [0, 0.1) is 6.92 Å². The minimum Gasteiger partial charge on any atom is -0.337 e. The first-order valence-electron chi connectivity index (χ1n) is 9.03. The average Bonchev–Trinajstić information content (AvgIpc) is 3.19. The van der Waals surface area contributed by atoms with E-state index in [1.807, 2.05) is 48.0 Å². The van der Waals surface area contributed by atoms with Gasteiger partial charge in [-0.15, -0.1) is 0 Å². The van der Waals surface area contributed by atoms with E-state index < -0.39 is 0 Å². The van der Waals surface area contributed by atoms with Crippen LogP contribution in [-0.4, -0.2) is 27.0 Å². The smallest absolute Gasteiger partial charge is 0.322 e. The highest BCUT2D eigenvalue weighted by molar-refractivity contribution is 6.42. The van der Waals surface area contributed by atoms with Gasteiger partial charge in [0.05, 0.1) is 16.4 Å². The summed E-state index contributed by atoms with van der Waals surface area (Å²) in [5.74, 6) is 0. The molecule has 5 nitrogen and oxygen atoms in total. The Morgan fingerprint density at radius 2 is 1.93 bits per heavy atom. The number of carbonyl (C=O) groups is 1. The third-order valence-electron chi connectivity index (χ3n) is 4.35. The number of benzene rings is 2. The maximum Gasteiger partial charge on any atom is 0.322 e. The fraction of sp³-hybridized carbons (Fsp3) is 0.238. The largest absolute Gasteiger partial charge is 0.337 e. The predicted molar refractivity (Wildman–Crippen MR) is 114 cm³/mol. The number of urea groups is 1. The van der Waals surface area contributed by atoms with Crippen LogP contribution in [0.5, 0.6) is 0 Å². The van der Waals surface area contributed by atoms with Gasteiger partial charge < -0.3 is 14.8 Å². The van der Waals surface area contributed by atoms with Crippen LogP contribution in [0.2, 0.25) is 10.0 Å². The lowest BCUT2D eigenvalue weighted by Gasteiger charge is -2.24. The molecule has 0 aliphatic rings. The second-order valence-electron chi connectivity index (χ2n) is 6.62. The topological polar surface area (TPSA) is 50.2 Å². The van der Waals surface area contributed by atoms with Crippen LogP contribution in [0.25, 0.3) is 0 Å². The fourth-order valence-electron chi connectivity index (χ4n) is 2.81. The van der Waals surface area contributed by atoms with Crippen LogP contribution in [0.4, 0.5) is 10.5 Å². The zero-order valence-electron chi connectivity index (χ0n) is 15.6. The van der Waals surface area contributed by atoms with Crippen LogP contribution in [0.1, 0.15) is 17.5 Å². The first-order valence-corrected chi connectivity index (χ1v) is 9.79. The van der Waals surface area contributed by atoms with Gasteiger partial charge in [-0.25, -0.2) is 9.78 Å². The highest BCUT2D eigenvalue weighted by Gasteiger charge is 2.15. The molecule has 2 amide bonds. The zero-order chi connectivity index (χ0) is 19.9. The number of amides is 2. The molecular formula is C21H22Cl2N4O. The minimum absolute atomic E-state index is 0.152. The molecule has 0 spiro atoms. The lowest BCUT2D eigenvalue weighted by Crippen LogP contribution is -2.35. The Morgan fingerprint density at radius 3 is 2.61 bits per heavy atom. The van der Waals surface area contributed by atoms with Gasteiger partial charge in [-0.1, -0.05) is 47.0 Å². The van der Waals surface area contributed by atoms with E-state index in [1.165, 1.54) is 0 Å². The summed E-state index contributed by atoms with van der Waals surface area (Å²) in [6.07, 6.45) is 6.24. The van der Waals surface area contributed by atoms with Gasteiger partial charge in [-0.2, -0.15) is 0 Å². The highest BCUT2D eigenvalue weighted by Crippen LogP contribution is 2.23. The Labute approximate surface area is 174 Å². The Morgan fingerprint density at radius 1 is 1.14 bits per heavy atom. The molecule has 0 fully saturated rings. The molecule has 0 saturated carbocycles. The van der Waals surface area contributed by atoms with E-state index in [1.54, 1.807) is 29.6 Å². The third kappa shape index (κ3) is 5.75. The van der Waals surface area contributed by atoms with Gasteiger partial charge in [0.2, 0.25) is 0 Å². The molecule has 28 heavy (non-hydrogen) atoms. The molecule has 1 N–H and O–H groups in total. The van der Waals surface area contributed by atoms with E-state index >= 15 is 0 Å². The maximum atomic E-state index is 12.9. The fourth-order valence-corrected chi connectivity index (χ4v) is 3.13. The van der Waals surface area contributed by atoms with Crippen molar-refractivity contribution in [1.82, 2.24) is 14.5 Å². The zero-order valence-corrected chi connectivity index (χ0v) is 17.1. The number of aromatic nitrogens is 2. The summed E-state index contributed by atoms with van der Waals surface area (Å²) in [6.45, 7) is 3.84. The number of rotatable bonds is 7. The summed E-state index contributed by atoms with van der Waals surface area (Å²) in [4.78, 5) is 18.7. The molecule has 0 bridgehead atoms. The molecule has 2 aromatic carbocycles. The van der Waals surface area contributed by atoms with Crippen molar-refractivity contribution in [1.29, 1.82) is 0 Å². The molecule has 0 saturated heterocycles. The molecule has 1 aromatic heterocycles. The van der Waals surface area contributed by atoms with Gasteiger partial charge >= 0.3 is 6.03 Å². The molecule has 1 heterocycles. The van der Waals surface area contributed by atoms with Crippen molar-refractivity contribution >= 4 is 34.9 Å². The lowest BCUT2D eigenvalue weighted by atomic mass is 10.2. The van der Waals surface area contributed by atoms with Gasteiger partial charge in [0.15, 0.2) is 0 Å². The van der Waals surface area contributed by atoms with Crippen LogP contribution in [-0.2, 0) is 13.1 Å². The number of anilines is 1. The van der Waals surface area contributed by atoms with E-state index in [0.717, 1.165) is 29.8 Å². The Balaban J connectivity index is 1.69. The first-order chi connectivity index (χ1) is 13.5. The standard InChI is InChI=1S/C21H22Cl2N4O/c1-16-3-6-18(7-4-16)25-21(28)27(11-2-10-26-12-9-24-15-26)14-17-5-8-19(22)20(23)13-17/h3-9,12-13,15H,2,10-11,14H2,1H3,(H,25,28). The summed E-state index contributed by atoms with van der Waals surface area (Å²) < 4.78 is 2.00. The Kier molecular flexibility index (Phi) is 6.95. The van der Waals surface area contributed by atoms with Crippen LogP contribution in [0.15, 0.2) is 61.2 Å². The number of hydrogen-bond acceptors (Lipinski definition) is 2. The Hall–Kier alpha value is -2.50. The maximum absolute atomic E-state index is 12.9. The normalized spacial score (nSPS) is 10.7. The molecular weight excluding hydrogens is 395 g/mol. The monoisotopic (exact) mass is 416 g/mol. The molecule has 0 aliphatic carbocycles. The average molecular weight is 417 g/mol. The molecule has 0 atom stereocenters. The van der Waals surface area contributed by atoms with E-state index in [-0.39, 0.29) is 6.03 Å². The van der Waals surface area contributed by atoms with E-state index in [2.05, 4.69) is 10.3 Å². The van der Waals surface area contributed by atoms with Gasteiger partial charge in [0, 0.05) is 37.7 Å². The summed E-state index contributed by atoms with van der Waals surface area (Å²) in [5.41, 5.74) is 2.84. The molecule has 7 heteroatoms. The predicted octanol–water partition coefficient (Wildman–Crippen LogP) is 5.62. The van der Waals surface area contributed by atoms with Gasteiger partial charge in [-0.3, -0.25) is 0 Å². The molecule has 0 unspecified atom stereocenters. The van der Waals surface area contributed by atoms with Crippen LogP contribution < -0.4 is 5.32 Å². The molecule has 0 aliphatic heterocycles. The number of aryl methyl sites for hydroxylation is 2. The number of imidazole rings is 1. The van der Waals surface area contributed by atoms with Crippen molar-refractivity contribution in [3.8, 4) is 0 Å². The van der Waals surface area contributed by atoms with Crippen molar-refractivity contribution in [2.75, 3.05) is 11.9 Å². The summed E-state index contributed by atoms with van der Waals surface area (Å²) in [6, 6.07) is 13.0. The molecule has 3 aromatic rings. The van der Waals surface area contributed by atoms with Crippen LogP contribution in [0.3, 0.4) is 0 Å². The number of hydrogen-bond donors (Lipinski definition) is 1. The van der Waals surface area contributed by atoms with E-state index in [9.17, 15) is 4.79 Å². The van der Waals surface area contributed by atoms with Crippen LogP contribution >= 0.6 is 23.2 Å². The second kappa shape index (κ2) is 9.62. The number of nitrogens with one attached hydrogen (secondary N) is 1. The van der Waals surface area contributed by atoms with Crippen molar-refractivity contribution in [2.45, 2.75) is 26.4 Å². The van der Waals surface area contributed by atoms with Crippen molar-refractivity contribution in [3.63, 3.8) is 0 Å². The molecule has 0 radical (unpaired) electrons. The summed E-state index contributed by atoms with van der Waals surface area (Å²) in [7, 11) is 0. The molecule has 146 valence electrons. The number of halogens is 2. The summed E-state index contributed by atoms with van der Waals surface area (Å²) >= 11 is 12.1. The summed E-state index contributed by atoms with van der Waals surface area (Å²) in [5, 5.41) is 3.95. The van der Waals surface area contributed by atoms with Crippen molar-refractivity contribution < 1.29 is 4.79 Å².